The van der Waals surface area contributed by atoms with Crippen LogP contribution in [-0.2, 0) is 5.54 Å². The topological polar surface area (TPSA) is 144 Å². The zero-order valence-electron chi connectivity index (χ0n) is 19.2. The van der Waals surface area contributed by atoms with E-state index in [0.717, 1.165) is 0 Å². The summed E-state index contributed by atoms with van der Waals surface area (Å²) in [6.45, 7) is 4.73. The number of anilines is 1. The van der Waals surface area contributed by atoms with Crippen LogP contribution in [0, 0.1) is 23.6 Å². The van der Waals surface area contributed by atoms with Crippen molar-refractivity contribution in [3.63, 3.8) is 0 Å². The SMILES string of the molecule is C#CCOc1cnc(C(=O)Nc2ccc(F)c([C@]3(C)CN(C)S(O)(O)C(C)(C)C(=N)N3)c2)cn1. The Morgan fingerprint density at radius 2 is 2.09 bits per heavy atom. The Balaban J connectivity index is 1.88. The lowest BCUT2D eigenvalue weighted by molar-refractivity contribution is 0.102. The van der Waals surface area contributed by atoms with Crippen LogP contribution in [0.15, 0.2) is 30.6 Å². The smallest absolute Gasteiger partial charge is 0.275 e. The minimum absolute atomic E-state index is 0.00920. The molecular formula is C22H27FN6O4S. The number of hydrogen-bond donors (Lipinski definition) is 5. The number of carbonyl (C=O) groups excluding carboxylic acids is 1. The molecule has 0 unspecified atom stereocenters. The lowest BCUT2D eigenvalue weighted by Gasteiger charge is -2.49. The molecule has 0 saturated carbocycles. The quantitative estimate of drug-likeness (QED) is 0.402. The summed E-state index contributed by atoms with van der Waals surface area (Å²) in [6, 6.07) is 4.02. The summed E-state index contributed by atoms with van der Waals surface area (Å²) in [5, 5.41) is 14.0. The van der Waals surface area contributed by atoms with Gasteiger partial charge >= 0.3 is 0 Å². The van der Waals surface area contributed by atoms with Gasteiger partial charge in [0, 0.05) is 24.8 Å². The first-order valence-electron chi connectivity index (χ1n) is 10.2. The largest absolute Gasteiger partial charge is 0.463 e. The fraction of sp³-hybridized carbons (Fsp3) is 0.364. The zero-order chi connectivity index (χ0) is 25.3. The number of amidine groups is 1. The molecule has 2 aromatic rings. The molecule has 1 amide bonds. The molecule has 34 heavy (non-hydrogen) atoms. The fourth-order valence-electron chi connectivity index (χ4n) is 3.52. The number of carbonyl (C=O) groups is 1. The van der Waals surface area contributed by atoms with E-state index in [0.29, 0.717) is 0 Å². The molecule has 1 saturated heterocycles. The van der Waals surface area contributed by atoms with Crippen molar-refractivity contribution in [3.8, 4) is 18.2 Å². The van der Waals surface area contributed by atoms with Gasteiger partial charge in [-0.15, -0.1) is 17.2 Å². The zero-order valence-corrected chi connectivity index (χ0v) is 20.0. The highest BCUT2D eigenvalue weighted by atomic mass is 32.3. The lowest BCUT2D eigenvalue weighted by Crippen LogP contribution is -2.51. The van der Waals surface area contributed by atoms with Gasteiger partial charge in [-0.2, -0.15) is 0 Å². The monoisotopic (exact) mass is 490 g/mol. The van der Waals surface area contributed by atoms with Crippen molar-refractivity contribution in [1.82, 2.24) is 19.6 Å². The molecule has 1 aromatic carbocycles. The summed E-state index contributed by atoms with van der Waals surface area (Å²) in [4.78, 5) is 20.6. The van der Waals surface area contributed by atoms with Crippen molar-refractivity contribution in [2.75, 3.05) is 25.5 Å². The third-order valence-electron chi connectivity index (χ3n) is 5.64. The number of ether oxygens (including phenoxy) is 1. The molecule has 0 aliphatic carbocycles. The van der Waals surface area contributed by atoms with Crippen LogP contribution in [0.25, 0.3) is 0 Å². The van der Waals surface area contributed by atoms with E-state index < -0.39 is 32.8 Å². The van der Waals surface area contributed by atoms with E-state index in [1.807, 2.05) is 0 Å². The summed E-state index contributed by atoms with van der Waals surface area (Å²) in [7, 11) is -1.87. The van der Waals surface area contributed by atoms with E-state index in [1.165, 1.54) is 55.8 Å². The van der Waals surface area contributed by atoms with Crippen LogP contribution >= 0.6 is 10.8 Å². The van der Waals surface area contributed by atoms with Crippen LogP contribution in [0.1, 0.15) is 36.8 Å². The van der Waals surface area contributed by atoms with E-state index in [9.17, 15) is 18.3 Å². The van der Waals surface area contributed by atoms with E-state index in [-0.39, 0.29) is 41.8 Å². The van der Waals surface area contributed by atoms with Crippen molar-refractivity contribution >= 4 is 28.2 Å². The average Bonchev–Trinajstić information content (AvgIpc) is 2.82. The molecule has 0 spiro atoms. The number of likely N-dealkylation sites (N-methyl/N-ethyl adjacent to an activating group) is 1. The first kappa shape index (κ1) is 25.4. The molecule has 3 rings (SSSR count). The number of halogens is 1. The number of nitrogens with zero attached hydrogens (tertiary/aromatic N) is 3. The number of hydrogen-bond acceptors (Lipinski definition) is 8. The first-order valence-corrected chi connectivity index (χ1v) is 11.7. The van der Waals surface area contributed by atoms with Crippen molar-refractivity contribution < 1.29 is 23.0 Å². The maximum atomic E-state index is 15.0. The van der Waals surface area contributed by atoms with Gasteiger partial charge in [0.05, 0.1) is 17.9 Å². The Morgan fingerprint density at radius 1 is 1.38 bits per heavy atom. The predicted octanol–water partition coefficient (Wildman–Crippen LogP) is 3.05. The van der Waals surface area contributed by atoms with Crippen molar-refractivity contribution in [2.24, 2.45) is 0 Å². The highest BCUT2D eigenvalue weighted by Gasteiger charge is 2.49. The molecule has 5 N–H and O–H groups in total. The van der Waals surface area contributed by atoms with Crippen molar-refractivity contribution in [3.05, 3.63) is 47.7 Å². The van der Waals surface area contributed by atoms with Crippen LogP contribution in [0.4, 0.5) is 10.1 Å². The molecule has 10 nitrogen and oxygen atoms in total. The number of nitrogens with one attached hydrogen (secondary N) is 3. The summed E-state index contributed by atoms with van der Waals surface area (Å²) in [5.74, 6) is 1.17. The van der Waals surface area contributed by atoms with Crippen molar-refractivity contribution in [1.29, 1.82) is 5.41 Å². The average molecular weight is 491 g/mol. The van der Waals surface area contributed by atoms with Crippen molar-refractivity contribution in [2.45, 2.75) is 31.1 Å². The Hall–Kier alpha value is -3.24. The molecule has 182 valence electrons. The summed E-state index contributed by atoms with van der Waals surface area (Å²) in [6.07, 6.45) is 7.61. The number of amides is 1. The van der Waals surface area contributed by atoms with Crippen LogP contribution in [-0.4, -0.2) is 60.1 Å². The van der Waals surface area contributed by atoms with Crippen LogP contribution < -0.4 is 15.4 Å². The molecular weight excluding hydrogens is 463 g/mol. The van der Waals surface area contributed by atoms with Gasteiger partial charge in [0.15, 0.2) is 6.61 Å². The van der Waals surface area contributed by atoms with E-state index in [1.54, 1.807) is 6.92 Å². The van der Waals surface area contributed by atoms with Gasteiger partial charge in [-0.05, 0) is 39.0 Å². The van der Waals surface area contributed by atoms with Crippen LogP contribution in [0.2, 0.25) is 0 Å². The third-order valence-corrected chi connectivity index (χ3v) is 8.22. The third kappa shape index (κ3) is 4.69. The second-order valence-electron chi connectivity index (χ2n) is 8.53. The minimum atomic E-state index is -3.37. The number of aromatic nitrogens is 2. The molecule has 1 aliphatic rings. The Kier molecular flexibility index (Phi) is 6.86. The number of rotatable bonds is 5. The predicted molar refractivity (Wildman–Crippen MR) is 128 cm³/mol. The van der Waals surface area contributed by atoms with Gasteiger partial charge in [-0.25, -0.2) is 18.7 Å². The fourth-order valence-corrected chi connectivity index (χ4v) is 5.07. The Morgan fingerprint density at radius 3 is 2.71 bits per heavy atom. The standard InChI is InChI=1S/C22H27FN6O4S/c1-6-9-33-18-12-25-17(11-26-18)19(30)27-14-7-8-16(23)15(10-14)22(4)13-29(5)34(31,32)21(2,3)20(24)28-22/h1,7-8,10-12,31-32H,9,13H2,2-5H3,(H2,24,28)(H,27,30)/t22-/m0/s1. The molecule has 1 atom stereocenters. The summed E-state index contributed by atoms with van der Waals surface area (Å²) >= 11 is 0. The minimum Gasteiger partial charge on any atom is -0.463 e. The summed E-state index contributed by atoms with van der Waals surface area (Å²) in [5.41, 5.74) is -0.777. The molecule has 0 bridgehead atoms. The second-order valence-corrected chi connectivity index (χ2v) is 11.2. The van der Waals surface area contributed by atoms with Gasteiger partial charge < -0.3 is 15.4 Å². The lowest BCUT2D eigenvalue weighted by atomic mass is 9.90. The second kappa shape index (κ2) is 9.19. The highest BCUT2D eigenvalue weighted by molar-refractivity contribution is 8.24. The maximum absolute atomic E-state index is 15.0. The Labute approximate surface area is 198 Å². The van der Waals surface area contributed by atoms with Gasteiger partial charge in [0.25, 0.3) is 5.91 Å². The van der Waals surface area contributed by atoms with Crippen LogP contribution in [0.5, 0.6) is 5.88 Å². The normalized spacial score (nSPS) is 22.6. The van der Waals surface area contributed by atoms with Gasteiger partial charge in [-0.3, -0.25) is 19.3 Å². The van der Waals surface area contributed by atoms with E-state index in [2.05, 4.69) is 26.5 Å². The van der Waals surface area contributed by atoms with Gasteiger partial charge in [0.1, 0.15) is 22.1 Å². The van der Waals surface area contributed by atoms with E-state index in [4.69, 9.17) is 16.6 Å². The molecule has 12 heteroatoms. The highest BCUT2D eigenvalue weighted by Crippen LogP contribution is 2.57. The summed E-state index contributed by atoms with van der Waals surface area (Å²) < 4.78 is 41.6. The molecule has 0 radical (unpaired) electrons. The van der Waals surface area contributed by atoms with E-state index >= 15 is 0 Å². The number of terminal acetylenes is 1. The Bertz CT molecular complexity index is 1150. The first-order chi connectivity index (χ1) is 15.8. The van der Waals surface area contributed by atoms with Crippen LogP contribution in [0.3, 0.4) is 0 Å². The molecule has 1 fully saturated rings. The van der Waals surface area contributed by atoms with Gasteiger partial charge in [-0.1, -0.05) is 5.92 Å². The van der Waals surface area contributed by atoms with Gasteiger partial charge in [0.2, 0.25) is 5.88 Å². The number of benzene rings is 1. The molecule has 1 aromatic heterocycles. The maximum Gasteiger partial charge on any atom is 0.275 e. The molecule has 1 aliphatic heterocycles. The molecule has 2 heterocycles.